The van der Waals surface area contributed by atoms with Gasteiger partial charge in [-0.3, -0.25) is 4.79 Å². The molecular formula is C17H23NO2. The molecule has 0 saturated heterocycles. The maximum absolute atomic E-state index is 11.6. The van der Waals surface area contributed by atoms with E-state index in [0.29, 0.717) is 17.9 Å². The zero-order chi connectivity index (χ0) is 15.2. The summed E-state index contributed by atoms with van der Waals surface area (Å²) >= 11 is 0. The van der Waals surface area contributed by atoms with Crippen LogP contribution in [0.2, 0.25) is 0 Å². The van der Waals surface area contributed by atoms with Gasteiger partial charge in [0.2, 0.25) is 0 Å². The van der Waals surface area contributed by atoms with Gasteiger partial charge in [-0.25, -0.2) is 0 Å². The van der Waals surface area contributed by atoms with Crippen LogP contribution < -0.4 is 4.74 Å². The molecule has 0 atom stereocenters. The molecule has 20 heavy (non-hydrogen) atoms. The number of ether oxygens (including phenoxy) is 1. The lowest BCUT2D eigenvalue weighted by Gasteiger charge is -2.15. The molecule has 0 aromatic heterocycles. The molecule has 0 fully saturated rings. The van der Waals surface area contributed by atoms with Gasteiger partial charge in [0.15, 0.2) is 5.78 Å². The van der Waals surface area contributed by atoms with Gasteiger partial charge >= 0.3 is 0 Å². The van der Waals surface area contributed by atoms with Crippen molar-refractivity contribution in [1.82, 2.24) is 0 Å². The van der Waals surface area contributed by atoms with Crippen molar-refractivity contribution in [2.24, 2.45) is 5.41 Å². The number of Topliss-reactive ketones (excluding diaryl/α,β-unsaturated/α-hetero) is 1. The van der Waals surface area contributed by atoms with E-state index in [9.17, 15) is 4.79 Å². The molecule has 1 aromatic rings. The average molecular weight is 273 g/mol. The van der Waals surface area contributed by atoms with Gasteiger partial charge in [0, 0.05) is 0 Å². The molecule has 0 saturated carbocycles. The van der Waals surface area contributed by atoms with E-state index in [0.717, 1.165) is 24.8 Å². The maximum atomic E-state index is 11.6. The number of hydrogen-bond donors (Lipinski definition) is 0. The van der Waals surface area contributed by atoms with Crippen LogP contribution in [-0.4, -0.2) is 12.4 Å². The van der Waals surface area contributed by atoms with E-state index in [-0.39, 0.29) is 11.2 Å². The molecule has 0 aliphatic carbocycles. The Morgan fingerprint density at radius 3 is 2.65 bits per heavy atom. The van der Waals surface area contributed by atoms with E-state index in [2.05, 4.69) is 6.07 Å². The fourth-order valence-corrected chi connectivity index (χ4v) is 1.95. The predicted molar refractivity (Wildman–Crippen MR) is 79.9 cm³/mol. The van der Waals surface area contributed by atoms with Crippen molar-refractivity contribution < 1.29 is 9.53 Å². The number of ketones is 1. The molecule has 0 heterocycles. The van der Waals surface area contributed by atoms with Crippen molar-refractivity contribution in [3.63, 3.8) is 0 Å². The minimum absolute atomic E-state index is 0.0225. The number of nitrogens with zero attached hydrogens (tertiary/aromatic N) is 1. The summed E-state index contributed by atoms with van der Waals surface area (Å²) in [5.74, 6) is 0.678. The van der Waals surface area contributed by atoms with Crippen LogP contribution in [0.3, 0.4) is 0 Å². The molecule has 3 heteroatoms. The first-order valence-electron chi connectivity index (χ1n) is 7.01. The standard InChI is InChI=1S/C17H23NO2/c1-13-7-8-16(15(11-13)14(2)19)20-10-6-5-9-17(3,4)12-18/h7-8,11H,5-6,9-10H2,1-4H3. The first kappa shape index (κ1) is 16.2. The molecule has 1 rings (SSSR count). The van der Waals surface area contributed by atoms with Gasteiger partial charge in [-0.15, -0.1) is 0 Å². The summed E-state index contributed by atoms with van der Waals surface area (Å²) in [7, 11) is 0. The van der Waals surface area contributed by atoms with Crippen LogP contribution >= 0.6 is 0 Å². The molecule has 0 N–H and O–H groups in total. The Labute approximate surface area is 121 Å². The minimum Gasteiger partial charge on any atom is -0.493 e. The van der Waals surface area contributed by atoms with Crippen molar-refractivity contribution in [3.8, 4) is 11.8 Å². The topological polar surface area (TPSA) is 50.1 Å². The van der Waals surface area contributed by atoms with E-state index in [4.69, 9.17) is 10.00 Å². The van der Waals surface area contributed by atoms with Gasteiger partial charge in [0.1, 0.15) is 5.75 Å². The third-order valence-corrected chi connectivity index (χ3v) is 3.27. The van der Waals surface area contributed by atoms with Gasteiger partial charge in [-0.05, 0) is 59.1 Å². The molecule has 0 spiro atoms. The number of nitriles is 1. The second-order valence-corrected chi connectivity index (χ2v) is 5.86. The van der Waals surface area contributed by atoms with E-state index in [1.807, 2.05) is 39.0 Å². The number of benzene rings is 1. The van der Waals surface area contributed by atoms with Gasteiger partial charge in [0.05, 0.1) is 23.7 Å². The summed E-state index contributed by atoms with van der Waals surface area (Å²) in [6.45, 7) is 7.98. The van der Waals surface area contributed by atoms with Crippen LogP contribution in [0, 0.1) is 23.7 Å². The molecule has 0 unspecified atom stereocenters. The van der Waals surface area contributed by atoms with E-state index in [1.54, 1.807) is 6.92 Å². The minimum atomic E-state index is -0.269. The highest BCUT2D eigenvalue weighted by Crippen LogP contribution is 2.23. The lowest BCUT2D eigenvalue weighted by molar-refractivity contribution is 0.101. The lowest BCUT2D eigenvalue weighted by Crippen LogP contribution is -2.09. The Morgan fingerprint density at radius 2 is 2.05 bits per heavy atom. The van der Waals surface area contributed by atoms with Crippen LogP contribution in [0.25, 0.3) is 0 Å². The Kier molecular flexibility index (Phi) is 5.76. The molecule has 108 valence electrons. The largest absolute Gasteiger partial charge is 0.493 e. The van der Waals surface area contributed by atoms with Crippen LogP contribution in [-0.2, 0) is 0 Å². The van der Waals surface area contributed by atoms with Crippen molar-refractivity contribution >= 4 is 5.78 Å². The average Bonchev–Trinajstić information content (AvgIpc) is 2.39. The Balaban J connectivity index is 2.47. The molecule has 0 amide bonds. The van der Waals surface area contributed by atoms with Crippen molar-refractivity contribution in [3.05, 3.63) is 29.3 Å². The molecule has 0 aliphatic heterocycles. The van der Waals surface area contributed by atoms with Crippen molar-refractivity contribution in [1.29, 1.82) is 5.26 Å². The summed E-state index contributed by atoms with van der Waals surface area (Å²) in [6, 6.07) is 7.95. The lowest BCUT2D eigenvalue weighted by atomic mass is 9.89. The van der Waals surface area contributed by atoms with Crippen molar-refractivity contribution in [2.45, 2.75) is 47.0 Å². The molecule has 0 aliphatic rings. The smallest absolute Gasteiger partial charge is 0.163 e. The second kappa shape index (κ2) is 7.09. The molecule has 3 nitrogen and oxygen atoms in total. The number of carbonyl (C=O) groups excluding carboxylic acids is 1. The second-order valence-electron chi connectivity index (χ2n) is 5.86. The zero-order valence-corrected chi connectivity index (χ0v) is 12.8. The highest BCUT2D eigenvalue weighted by Gasteiger charge is 2.15. The number of unbranched alkanes of at least 4 members (excludes halogenated alkanes) is 1. The number of hydrogen-bond acceptors (Lipinski definition) is 3. The van der Waals surface area contributed by atoms with Crippen molar-refractivity contribution in [2.75, 3.05) is 6.61 Å². The normalized spacial score (nSPS) is 10.9. The number of carbonyl (C=O) groups is 1. The Bertz CT molecular complexity index is 512. The first-order valence-corrected chi connectivity index (χ1v) is 7.01. The molecular weight excluding hydrogens is 250 g/mol. The van der Waals surface area contributed by atoms with E-state index < -0.39 is 0 Å². The van der Waals surface area contributed by atoms with Crippen LogP contribution in [0.5, 0.6) is 5.75 Å². The molecule has 1 aromatic carbocycles. The Hall–Kier alpha value is -1.82. The fraction of sp³-hybridized carbons (Fsp3) is 0.529. The van der Waals surface area contributed by atoms with Gasteiger partial charge in [-0.1, -0.05) is 11.6 Å². The highest BCUT2D eigenvalue weighted by molar-refractivity contribution is 5.97. The van der Waals surface area contributed by atoms with Gasteiger partial charge in [-0.2, -0.15) is 5.26 Å². The zero-order valence-electron chi connectivity index (χ0n) is 12.8. The third-order valence-electron chi connectivity index (χ3n) is 3.27. The quantitative estimate of drug-likeness (QED) is 0.550. The summed E-state index contributed by atoms with van der Waals surface area (Å²) in [4.78, 5) is 11.6. The number of rotatable bonds is 7. The van der Waals surface area contributed by atoms with Crippen LogP contribution in [0.15, 0.2) is 18.2 Å². The van der Waals surface area contributed by atoms with Gasteiger partial charge < -0.3 is 4.74 Å². The van der Waals surface area contributed by atoms with E-state index in [1.165, 1.54) is 0 Å². The summed E-state index contributed by atoms with van der Waals surface area (Å²) in [6.07, 6.45) is 2.69. The summed E-state index contributed by atoms with van der Waals surface area (Å²) < 4.78 is 5.70. The number of aryl methyl sites for hydroxylation is 1. The maximum Gasteiger partial charge on any atom is 0.163 e. The highest BCUT2D eigenvalue weighted by atomic mass is 16.5. The third kappa shape index (κ3) is 5.05. The fourth-order valence-electron chi connectivity index (χ4n) is 1.95. The Morgan fingerprint density at radius 1 is 1.35 bits per heavy atom. The van der Waals surface area contributed by atoms with Crippen LogP contribution in [0.1, 0.15) is 56.0 Å². The summed E-state index contributed by atoms with van der Waals surface area (Å²) in [5, 5.41) is 8.93. The van der Waals surface area contributed by atoms with E-state index >= 15 is 0 Å². The summed E-state index contributed by atoms with van der Waals surface area (Å²) in [5.41, 5.74) is 1.43. The van der Waals surface area contributed by atoms with Crippen LogP contribution in [0.4, 0.5) is 0 Å². The molecule has 0 bridgehead atoms. The SMILES string of the molecule is CC(=O)c1cc(C)ccc1OCCCCC(C)(C)C#N. The van der Waals surface area contributed by atoms with Gasteiger partial charge in [0.25, 0.3) is 0 Å². The molecule has 0 radical (unpaired) electrons. The monoisotopic (exact) mass is 273 g/mol. The first-order chi connectivity index (χ1) is 9.35. The predicted octanol–water partition coefficient (Wildman–Crippen LogP) is 4.30.